The van der Waals surface area contributed by atoms with Gasteiger partial charge in [-0.2, -0.15) is 0 Å². The lowest BCUT2D eigenvalue weighted by atomic mass is 9.83. The lowest BCUT2D eigenvalue weighted by Gasteiger charge is -2.47. The summed E-state index contributed by atoms with van der Waals surface area (Å²) in [5.41, 5.74) is 6.42. The van der Waals surface area contributed by atoms with E-state index < -0.39 is 0 Å². The van der Waals surface area contributed by atoms with Crippen LogP contribution >= 0.6 is 0 Å². The van der Waals surface area contributed by atoms with Crippen molar-refractivity contribution in [3.05, 3.63) is 0 Å². The van der Waals surface area contributed by atoms with Gasteiger partial charge in [-0.25, -0.2) is 0 Å². The third kappa shape index (κ3) is 3.03. The van der Waals surface area contributed by atoms with Gasteiger partial charge in [-0.3, -0.25) is 4.90 Å². The summed E-state index contributed by atoms with van der Waals surface area (Å²) in [6.07, 6.45) is 8.05. The summed E-state index contributed by atoms with van der Waals surface area (Å²) in [4.78, 5) is 2.74. The Kier molecular flexibility index (Phi) is 4.48. The first-order valence-corrected chi connectivity index (χ1v) is 7.61. The number of nitrogens with two attached hydrogens (primary N) is 1. The molecule has 5 unspecified atom stereocenters. The van der Waals surface area contributed by atoms with Gasteiger partial charge in [-0.1, -0.05) is 33.1 Å². The van der Waals surface area contributed by atoms with Crippen LogP contribution in [0.2, 0.25) is 0 Å². The van der Waals surface area contributed by atoms with E-state index in [-0.39, 0.29) is 0 Å². The molecule has 1 heterocycles. The maximum atomic E-state index is 6.42. The van der Waals surface area contributed by atoms with Gasteiger partial charge in [-0.05, 0) is 38.0 Å². The van der Waals surface area contributed by atoms with Crippen LogP contribution in [-0.2, 0) is 0 Å². The molecule has 2 heteroatoms. The smallest absolute Gasteiger partial charge is 0.0250 e. The number of hydrogen-bond donors (Lipinski definition) is 1. The van der Waals surface area contributed by atoms with E-state index in [4.69, 9.17) is 5.73 Å². The molecule has 0 radical (unpaired) electrons. The fourth-order valence-corrected chi connectivity index (χ4v) is 3.93. The van der Waals surface area contributed by atoms with Crippen LogP contribution in [0.3, 0.4) is 0 Å². The molecule has 2 rings (SSSR count). The van der Waals surface area contributed by atoms with Crippen molar-refractivity contribution in [2.24, 2.45) is 17.6 Å². The van der Waals surface area contributed by atoms with Gasteiger partial charge in [0, 0.05) is 24.7 Å². The summed E-state index contributed by atoms with van der Waals surface area (Å²) in [6.45, 7) is 8.49. The van der Waals surface area contributed by atoms with Crippen LogP contribution in [0.25, 0.3) is 0 Å². The van der Waals surface area contributed by atoms with Crippen molar-refractivity contribution in [3.8, 4) is 0 Å². The molecule has 0 spiro atoms. The van der Waals surface area contributed by atoms with E-state index in [1.807, 2.05) is 0 Å². The lowest BCUT2D eigenvalue weighted by molar-refractivity contribution is 0.0275. The molecule has 2 N–H and O–H groups in total. The minimum absolute atomic E-state index is 0.414. The molecule has 0 aromatic heterocycles. The molecule has 0 aromatic rings. The minimum Gasteiger partial charge on any atom is -0.326 e. The van der Waals surface area contributed by atoms with Crippen LogP contribution in [0.15, 0.2) is 0 Å². The molecule has 100 valence electrons. The van der Waals surface area contributed by atoms with Crippen molar-refractivity contribution in [2.45, 2.75) is 77.4 Å². The molecule has 2 nitrogen and oxygen atoms in total. The number of rotatable bonds is 1. The highest BCUT2D eigenvalue weighted by molar-refractivity contribution is 4.92. The van der Waals surface area contributed by atoms with E-state index in [1.165, 1.54) is 45.1 Å². The molecule has 1 saturated carbocycles. The third-order valence-corrected chi connectivity index (χ3v) is 5.10. The quantitative estimate of drug-likeness (QED) is 0.712. The van der Waals surface area contributed by atoms with E-state index in [9.17, 15) is 0 Å². The summed E-state index contributed by atoms with van der Waals surface area (Å²) in [5.74, 6) is 1.67. The highest BCUT2D eigenvalue weighted by Crippen LogP contribution is 2.32. The molecule has 5 atom stereocenters. The van der Waals surface area contributed by atoms with Gasteiger partial charge < -0.3 is 5.73 Å². The summed E-state index contributed by atoms with van der Waals surface area (Å²) in [6, 6.07) is 1.79. The zero-order chi connectivity index (χ0) is 12.4. The Bertz CT molecular complexity index is 241. The highest BCUT2D eigenvalue weighted by Gasteiger charge is 2.35. The SMILES string of the molecule is CC1CC(C)C(C)N(C2CCCCCC2N)C1. The first-order chi connectivity index (χ1) is 8.09. The Morgan fingerprint density at radius 1 is 1.00 bits per heavy atom. The summed E-state index contributed by atoms with van der Waals surface area (Å²) in [7, 11) is 0. The minimum atomic E-state index is 0.414. The van der Waals surface area contributed by atoms with Crippen LogP contribution in [-0.4, -0.2) is 29.6 Å². The zero-order valence-electron chi connectivity index (χ0n) is 11.9. The van der Waals surface area contributed by atoms with Crippen LogP contribution in [0.4, 0.5) is 0 Å². The molecule has 1 saturated heterocycles. The van der Waals surface area contributed by atoms with Gasteiger partial charge in [-0.15, -0.1) is 0 Å². The van der Waals surface area contributed by atoms with E-state index in [1.54, 1.807) is 0 Å². The second kappa shape index (κ2) is 5.71. The fourth-order valence-electron chi connectivity index (χ4n) is 3.93. The number of hydrogen-bond acceptors (Lipinski definition) is 2. The molecule has 0 amide bonds. The predicted octanol–water partition coefficient (Wildman–Crippen LogP) is 3.01. The predicted molar refractivity (Wildman–Crippen MR) is 74.0 cm³/mol. The molecule has 0 bridgehead atoms. The Morgan fingerprint density at radius 2 is 1.71 bits per heavy atom. The first-order valence-electron chi connectivity index (χ1n) is 7.61. The average Bonchev–Trinajstić information content (AvgIpc) is 2.48. The number of piperidine rings is 1. The van der Waals surface area contributed by atoms with E-state index in [0.29, 0.717) is 12.1 Å². The van der Waals surface area contributed by atoms with Crippen LogP contribution < -0.4 is 5.73 Å². The first kappa shape index (κ1) is 13.4. The van der Waals surface area contributed by atoms with Gasteiger partial charge >= 0.3 is 0 Å². The van der Waals surface area contributed by atoms with E-state index >= 15 is 0 Å². The Morgan fingerprint density at radius 3 is 2.47 bits per heavy atom. The van der Waals surface area contributed by atoms with Crippen molar-refractivity contribution >= 4 is 0 Å². The third-order valence-electron chi connectivity index (χ3n) is 5.10. The topological polar surface area (TPSA) is 29.3 Å². The molecule has 0 aromatic carbocycles. The van der Waals surface area contributed by atoms with Crippen LogP contribution in [0, 0.1) is 11.8 Å². The monoisotopic (exact) mass is 238 g/mol. The van der Waals surface area contributed by atoms with Crippen LogP contribution in [0.5, 0.6) is 0 Å². The van der Waals surface area contributed by atoms with E-state index in [0.717, 1.165) is 17.9 Å². The summed E-state index contributed by atoms with van der Waals surface area (Å²) >= 11 is 0. The van der Waals surface area contributed by atoms with Crippen molar-refractivity contribution in [3.63, 3.8) is 0 Å². The van der Waals surface area contributed by atoms with Crippen molar-refractivity contribution < 1.29 is 0 Å². The number of likely N-dealkylation sites (tertiary alicyclic amines) is 1. The zero-order valence-corrected chi connectivity index (χ0v) is 11.9. The molecule has 17 heavy (non-hydrogen) atoms. The lowest BCUT2D eigenvalue weighted by Crippen LogP contribution is -2.56. The standard InChI is InChI=1S/C15H30N2/c1-11-9-12(2)13(3)17(10-11)15-8-6-4-5-7-14(15)16/h11-15H,4-10,16H2,1-3H3. The molecular weight excluding hydrogens is 208 g/mol. The Hall–Kier alpha value is -0.0800. The molecule has 2 aliphatic rings. The fraction of sp³-hybridized carbons (Fsp3) is 1.00. The van der Waals surface area contributed by atoms with Gasteiger partial charge in [0.05, 0.1) is 0 Å². The molecule has 1 aliphatic heterocycles. The van der Waals surface area contributed by atoms with Gasteiger partial charge in [0.2, 0.25) is 0 Å². The highest BCUT2D eigenvalue weighted by atomic mass is 15.2. The van der Waals surface area contributed by atoms with E-state index in [2.05, 4.69) is 25.7 Å². The average molecular weight is 238 g/mol. The molecule has 1 aliphatic carbocycles. The molecule has 2 fully saturated rings. The largest absolute Gasteiger partial charge is 0.326 e. The van der Waals surface area contributed by atoms with Gasteiger partial charge in [0.1, 0.15) is 0 Å². The van der Waals surface area contributed by atoms with Crippen molar-refractivity contribution in [1.82, 2.24) is 4.90 Å². The normalized spacial score (nSPS) is 45.5. The van der Waals surface area contributed by atoms with Crippen LogP contribution in [0.1, 0.15) is 59.3 Å². The van der Waals surface area contributed by atoms with Gasteiger partial charge in [0.25, 0.3) is 0 Å². The second-order valence-electron chi connectivity index (χ2n) is 6.62. The second-order valence-corrected chi connectivity index (χ2v) is 6.62. The maximum Gasteiger partial charge on any atom is 0.0250 e. The van der Waals surface area contributed by atoms with Crippen molar-refractivity contribution in [1.29, 1.82) is 0 Å². The van der Waals surface area contributed by atoms with Crippen molar-refractivity contribution in [2.75, 3.05) is 6.54 Å². The Labute approximate surface area is 107 Å². The van der Waals surface area contributed by atoms with Gasteiger partial charge in [0.15, 0.2) is 0 Å². The summed E-state index contributed by atoms with van der Waals surface area (Å²) < 4.78 is 0. The number of nitrogens with zero attached hydrogens (tertiary/aromatic N) is 1. The molecular formula is C15H30N2. The summed E-state index contributed by atoms with van der Waals surface area (Å²) in [5, 5.41) is 0. The Balaban J connectivity index is 2.07. The maximum absolute atomic E-state index is 6.42.